The number of carbonyl (C=O) groups is 2. The van der Waals surface area contributed by atoms with E-state index in [0.29, 0.717) is 13.1 Å². The number of amides is 2. The van der Waals surface area contributed by atoms with Crippen LogP contribution in [0.4, 0.5) is 0 Å². The van der Waals surface area contributed by atoms with E-state index in [1.54, 1.807) is 16.2 Å². The van der Waals surface area contributed by atoms with Crippen LogP contribution in [-0.4, -0.2) is 34.2 Å². The van der Waals surface area contributed by atoms with Gasteiger partial charge in [0, 0.05) is 23.4 Å². The van der Waals surface area contributed by atoms with Gasteiger partial charge < -0.3 is 9.80 Å². The van der Waals surface area contributed by atoms with Crippen molar-refractivity contribution in [3.63, 3.8) is 0 Å². The largest absolute Gasteiger partial charge is 0.332 e. The van der Waals surface area contributed by atoms with Crippen LogP contribution in [0.5, 0.6) is 0 Å². The molecule has 3 rings (SSSR count). The van der Waals surface area contributed by atoms with Gasteiger partial charge in [0.1, 0.15) is 6.54 Å². The predicted molar refractivity (Wildman–Crippen MR) is 114 cm³/mol. The highest BCUT2D eigenvalue weighted by molar-refractivity contribution is 7.10. The Bertz CT molecular complexity index is 798. The molecule has 0 radical (unpaired) electrons. The molecule has 1 heterocycles. The van der Waals surface area contributed by atoms with Gasteiger partial charge in [0.15, 0.2) is 0 Å². The van der Waals surface area contributed by atoms with E-state index in [0.717, 1.165) is 24.8 Å². The lowest BCUT2D eigenvalue weighted by Gasteiger charge is -2.31. The maximum Gasteiger partial charge on any atom is 0.242 e. The molecule has 2 aromatic rings. The summed E-state index contributed by atoms with van der Waals surface area (Å²) in [4.78, 5) is 30.9. The SMILES string of the molecule is CCC(C)N(CC(=O)N(Cc1ccccc1)Cc1sccc1C)C(=O)C1CC1. The predicted octanol–water partition coefficient (Wildman–Crippen LogP) is 4.62. The van der Waals surface area contributed by atoms with Gasteiger partial charge >= 0.3 is 0 Å². The molecule has 0 bridgehead atoms. The lowest BCUT2D eigenvalue weighted by atomic mass is 10.1. The number of hydrogen-bond acceptors (Lipinski definition) is 3. The van der Waals surface area contributed by atoms with Gasteiger partial charge in [-0.2, -0.15) is 0 Å². The van der Waals surface area contributed by atoms with Crippen LogP contribution >= 0.6 is 11.3 Å². The molecule has 1 saturated carbocycles. The molecular weight excluding hydrogens is 368 g/mol. The molecule has 28 heavy (non-hydrogen) atoms. The summed E-state index contributed by atoms with van der Waals surface area (Å²) >= 11 is 1.68. The summed E-state index contributed by atoms with van der Waals surface area (Å²) in [5.74, 6) is 0.296. The first kappa shape index (κ1) is 20.6. The van der Waals surface area contributed by atoms with Gasteiger partial charge in [0.2, 0.25) is 11.8 Å². The van der Waals surface area contributed by atoms with Gasteiger partial charge in [-0.05, 0) is 55.7 Å². The number of rotatable bonds is 9. The Morgan fingerprint density at radius 3 is 2.43 bits per heavy atom. The van der Waals surface area contributed by atoms with Crippen LogP contribution in [0.25, 0.3) is 0 Å². The monoisotopic (exact) mass is 398 g/mol. The molecule has 1 fully saturated rings. The summed E-state index contributed by atoms with van der Waals surface area (Å²) in [5.41, 5.74) is 2.32. The maximum absolute atomic E-state index is 13.3. The van der Waals surface area contributed by atoms with Gasteiger partial charge in [-0.3, -0.25) is 9.59 Å². The molecule has 1 aliphatic rings. The van der Waals surface area contributed by atoms with E-state index in [-0.39, 0.29) is 30.3 Å². The highest BCUT2D eigenvalue weighted by Gasteiger charge is 2.36. The molecule has 1 aromatic heterocycles. The Kier molecular flexibility index (Phi) is 6.89. The smallest absolute Gasteiger partial charge is 0.242 e. The van der Waals surface area contributed by atoms with Crippen molar-refractivity contribution in [3.8, 4) is 0 Å². The van der Waals surface area contributed by atoms with Crippen LogP contribution in [0.1, 0.15) is 49.1 Å². The molecule has 0 saturated heterocycles. The van der Waals surface area contributed by atoms with Crippen LogP contribution < -0.4 is 0 Å². The number of hydrogen-bond donors (Lipinski definition) is 0. The van der Waals surface area contributed by atoms with E-state index in [9.17, 15) is 9.59 Å². The van der Waals surface area contributed by atoms with Crippen molar-refractivity contribution in [3.05, 3.63) is 57.8 Å². The quantitative estimate of drug-likeness (QED) is 0.618. The molecule has 0 N–H and O–H groups in total. The molecule has 5 heteroatoms. The fraction of sp³-hybridized carbons (Fsp3) is 0.478. The number of nitrogens with zero attached hydrogens (tertiary/aromatic N) is 2. The second kappa shape index (κ2) is 9.37. The van der Waals surface area contributed by atoms with Gasteiger partial charge in [-0.25, -0.2) is 0 Å². The third kappa shape index (κ3) is 5.22. The Morgan fingerprint density at radius 1 is 1.14 bits per heavy atom. The third-order valence-corrected chi connectivity index (χ3v) is 6.52. The summed E-state index contributed by atoms with van der Waals surface area (Å²) in [6.07, 6.45) is 2.78. The molecule has 150 valence electrons. The topological polar surface area (TPSA) is 40.6 Å². The minimum atomic E-state index is 0.0194. The molecule has 1 atom stereocenters. The molecule has 1 unspecified atom stereocenters. The van der Waals surface area contributed by atoms with E-state index in [4.69, 9.17) is 0 Å². The molecule has 1 aliphatic carbocycles. The van der Waals surface area contributed by atoms with Gasteiger partial charge in [0.05, 0.1) is 6.54 Å². The first-order valence-electron chi connectivity index (χ1n) is 10.1. The Labute approximate surface area is 172 Å². The second-order valence-corrected chi connectivity index (χ2v) is 8.76. The van der Waals surface area contributed by atoms with Crippen molar-refractivity contribution < 1.29 is 9.59 Å². The first-order chi connectivity index (χ1) is 13.5. The normalized spacial score (nSPS) is 14.5. The van der Waals surface area contributed by atoms with Crippen molar-refractivity contribution in [1.29, 1.82) is 0 Å². The van der Waals surface area contributed by atoms with Gasteiger partial charge in [-0.15, -0.1) is 11.3 Å². The maximum atomic E-state index is 13.3. The van der Waals surface area contributed by atoms with E-state index in [2.05, 4.69) is 25.3 Å². The minimum Gasteiger partial charge on any atom is -0.332 e. The lowest BCUT2D eigenvalue weighted by molar-refractivity contribution is -0.143. The first-order valence-corrected chi connectivity index (χ1v) is 11.0. The standard InChI is InChI=1S/C23H30N2O2S/c1-4-18(3)25(23(27)20-10-11-20)16-22(26)24(14-19-8-6-5-7-9-19)15-21-17(2)12-13-28-21/h5-9,12-13,18,20H,4,10-11,14-16H2,1-3H3. The van der Waals surface area contributed by atoms with E-state index in [1.165, 1.54) is 10.4 Å². The summed E-state index contributed by atoms with van der Waals surface area (Å²) in [6, 6.07) is 12.2. The Morgan fingerprint density at radius 2 is 1.86 bits per heavy atom. The zero-order valence-corrected chi connectivity index (χ0v) is 17.9. The molecule has 4 nitrogen and oxygen atoms in total. The van der Waals surface area contributed by atoms with Crippen molar-refractivity contribution >= 4 is 23.2 Å². The van der Waals surface area contributed by atoms with E-state index < -0.39 is 0 Å². The van der Waals surface area contributed by atoms with Crippen LogP contribution in [0.15, 0.2) is 41.8 Å². The lowest BCUT2D eigenvalue weighted by Crippen LogP contribution is -2.46. The second-order valence-electron chi connectivity index (χ2n) is 7.76. The van der Waals surface area contributed by atoms with Crippen molar-refractivity contribution in [2.45, 2.75) is 59.2 Å². The van der Waals surface area contributed by atoms with Gasteiger partial charge in [-0.1, -0.05) is 37.3 Å². The number of thiophene rings is 1. The fourth-order valence-electron chi connectivity index (χ4n) is 3.26. The molecule has 0 spiro atoms. The molecule has 0 aliphatic heterocycles. The van der Waals surface area contributed by atoms with E-state index in [1.807, 2.05) is 42.2 Å². The van der Waals surface area contributed by atoms with Crippen LogP contribution in [0, 0.1) is 12.8 Å². The highest BCUT2D eigenvalue weighted by Crippen LogP contribution is 2.32. The molecule has 1 aromatic carbocycles. The van der Waals surface area contributed by atoms with E-state index >= 15 is 0 Å². The van der Waals surface area contributed by atoms with Crippen molar-refractivity contribution in [1.82, 2.24) is 9.80 Å². The van der Waals surface area contributed by atoms with Crippen molar-refractivity contribution in [2.24, 2.45) is 5.92 Å². The Balaban J connectivity index is 1.77. The zero-order valence-electron chi connectivity index (χ0n) is 17.1. The van der Waals surface area contributed by atoms with Crippen LogP contribution in [0.3, 0.4) is 0 Å². The Hall–Kier alpha value is -2.14. The fourth-order valence-corrected chi connectivity index (χ4v) is 4.18. The average Bonchev–Trinajstić information content (AvgIpc) is 3.48. The third-order valence-electron chi connectivity index (χ3n) is 5.51. The molecule has 2 amide bonds. The summed E-state index contributed by atoms with van der Waals surface area (Å²) in [5, 5.41) is 2.07. The summed E-state index contributed by atoms with van der Waals surface area (Å²) in [7, 11) is 0. The van der Waals surface area contributed by atoms with Crippen LogP contribution in [0.2, 0.25) is 0 Å². The van der Waals surface area contributed by atoms with Gasteiger partial charge in [0.25, 0.3) is 0 Å². The number of benzene rings is 1. The number of aryl methyl sites for hydroxylation is 1. The van der Waals surface area contributed by atoms with Crippen molar-refractivity contribution in [2.75, 3.05) is 6.54 Å². The highest BCUT2D eigenvalue weighted by atomic mass is 32.1. The number of carbonyl (C=O) groups excluding carboxylic acids is 2. The zero-order chi connectivity index (χ0) is 20.1. The molecular formula is C23H30N2O2S. The van der Waals surface area contributed by atoms with Crippen LogP contribution in [-0.2, 0) is 22.7 Å². The average molecular weight is 399 g/mol. The summed E-state index contributed by atoms with van der Waals surface area (Å²) in [6.45, 7) is 7.50. The minimum absolute atomic E-state index is 0.0194. The summed E-state index contributed by atoms with van der Waals surface area (Å²) < 4.78 is 0.